The van der Waals surface area contributed by atoms with Gasteiger partial charge in [0.15, 0.2) is 0 Å². The molecule has 0 aliphatic carbocycles. The quantitative estimate of drug-likeness (QED) is 0.288. The fraction of sp³-hybridized carbons (Fsp3) is 0.263. The van der Waals surface area contributed by atoms with Gasteiger partial charge in [0.1, 0.15) is 12.4 Å². The lowest BCUT2D eigenvalue weighted by molar-refractivity contribution is -0.138. The molecule has 0 aliphatic heterocycles. The van der Waals surface area contributed by atoms with Crippen molar-refractivity contribution in [3.63, 3.8) is 0 Å². The molecule has 5 N–H and O–H groups in total. The molecule has 0 bridgehead atoms. The third-order valence-electron chi connectivity index (χ3n) is 3.56. The van der Waals surface area contributed by atoms with E-state index in [-0.39, 0.29) is 28.9 Å². The Kier molecular flexibility index (Phi) is 9.90. The highest BCUT2D eigenvalue weighted by molar-refractivity contribution is 7.89. The Morgan fingerprint density at radius 3 is 2.20 bits per heavy atom. The number of carbonyl (C=O) groups is 2. The first-order chi connectivity index (χ1) is 13.7. The summed E-state index contributed by atoms with van der Waals surface area (Å²) >= 11 is 0. The van der Waals surface area contributed by atoms with Crippen LogP contribution in [-0.2, 0) is 19.6 Å². The van der Waals surface area contributed by atoms with Gasteiger partial charge in [0.2, 0.25) is 10.0 Å². The largest absolute Gasteiger partial charge is 0.492 e. The molecular weight excluding hydrogens is 434 g/mol. The van der Waals surface area contributed by atoms with Gasteiger partial charge in [-0.15, -0.1) is 12.4 Å². The summed E-state index contributed by atoms with van der Waals surface area (Å²) in [6.07, 6.45) is -1.78. The maximum absolute atomic E-state index is 12.2. The van der Waals surface area contributed by atoms with Crippen molar-refractivity contribution in [2.45, 2.75) is 30.4 Å². The number of nitrogens with one attached hydrogen (secondary N) is 1. The standard InChI is InChI=1S/C19H23N3O6S.ClH/c1-13(20)12-27-15-9-7-14(8-10-15)19(24)28-18(23)11-17(21)22-29(25,26)16-5-3-2-4-6-16;/h2-10,13,17,22H,11-12,20-21H2,1H3;1H/t13-,17-;/m0./s1. The van der Waals surface area contributed by atoms with Gasteiger partial charge in [0, 0.05) is 6.04 Å². The highest BCUT2D eigenvalue weighted by Gasteiger charge is 2.21. The molecule has 0 spiro atoms. The number of sulfonamides is 1. The van der Waals surface area contributed by atoms with Crippen molar-refractivity contribution in [1.29, 1.82) is 0 Å². The number of carbonyl (C=O) groups excluding carboxylic acids is 2. The van der Waals surface area contributed by atoms with Crippen molar-refractivity contribution in [1.82, 2.24) is 4.72 Å². The number of benzene rings is 2. The van der Waals surface area contributed by atoms with E-state index in [1.807, 2.05) is 0 Å². The average Bonchev–Trinajstić information content (AvgIpc) is 2.66. The van der Waals surface area contributed by atoms with Gasteiger partial charge in [0.05, 0.1) is 23.0 Å². The molecule has 0 amide bonds. The van der Waals surface area contributed by atoms with Gasteiger partial charge in [-0.1, -0.05) is 18.2 Å². The predicted molar refractivity (Wildman–Crippen MR) is 113 cm³/mol. The monoisotopic (exact) mass is 457 g/mol. The van der Waals surface area contributed by atoms with E-state index in [1.165, 1.54) is 24.3 Å². The van der Waals surface area contributed by atoms with E-state index < -0.39 is 34.5 Å². The summed E-state index contributed by atoms with van der Waals surface area (Å²) < 4.78 is 36.6. The second-order valence-corrected chi connectivity index (χ2v) is 8.03. The number of ether oxygens (including phenoxy) is 2. The van der Waals surface area contributed by atoms with Crippen LogP contribution in [0.2, 0.25) is 0 Å². The van der Waals surface area contributed by atoms with Gasteiger partial charge in [0.25, 0.3) is 0 Å². The zero-order valence-corrected chi connectivity index (χ0v) is 17.8. The molecule has 2 atom stereocenters. The Balaban J connectivity index is 0.00000450. The van der Waals surface area contributed by atoms with E-state index in [4.69, 9.17) is 20.9 Å². The van der Waals surface area contributed by atoms with Gasteiger partial charge in [-0.05, 0) is 43.3 Å². The third-order valence-corrected chi connectivity index (χ3v) is 5.06. The number of hydrogen-bond donors (Lipinski definition) is 3. The molecule has 0 radical (unpaired) electrons. The zero-order chi connectivity index (χ0) is 21.4. The number of rotatable bonds is 9. The molecule has 11 heteroatoms. The van der Waals surface area contributed by atoms with E-state index in [0.717, 1.165) is 0 Å². The second-order valence-electron chi connectivity index (χ2n) is 6.32. The molecule has 0 unspecified atom stereocenters. The molecule has 164 valence electrons. The first kappa shape index (κ1) is 25.5. The lowest BCUT2D eigenvalue weighted by atomic mass is 10.2. The molecular formula is C19H24ClN3O6S. The van der Waals surface area contributed by atoms with Crippen molar-refractivity contribution >= 4 is 34.4 Å². The first-order valence-corrected chi connectivity index (χ1v) is 10.2. The summed E-state index contributed by atoms with van der Waals surface area (Å²) in [5, 5.41) is 0. The van der Waals surface area contributed by atoms with E-state index >= 15 is 0 Å². The fourth-order valence-electron chi connectivity index (χ4n) is 2.21. The normalized spacial score (nSPS) is 12.9. The van der Waals surface area contributed by atoms with E-state index in [1.54, 1.807) is 37.3 Å². The van der Waals surface area contributed by atoms with Gasteiger partial charge < -0.3 is 20.9 Å². The lowest BCUT2D eigenvalue weighted by Gasteiger charge is -2.13. The highest BCUT2D eigenvalue weighted by Crippen LogP contribution is 2.14. The van der Waals surface area contributed by atoms with Crippen LogP contribution < -0.4 is 20.9 Å². The molecule has 2 aromatic rings. The zero-order valence-electron chi connectivity index (χ0n) is 16.2. The Hall–Kier alpha value is -2.50. The fourth-order valence-corrected chi connectivity index (χ4v) is 3.34. The van der Waals surface area contributed by atoms with E-state index in [2.05, 4.69) is 4.72 Å². The highest BCUT2D eigenvalue weighted by atomic mass is 35.5. The van der Waals surface area contributed by atoms with Crippen LogP contribution in [0.15, 0.2) is 59.5 Å². The second kappa shape index (κ2) is 11.6. The van der Waals surface area contributed by atoms with Crippen LogP contribution in [0.5, 0.6) is 5.75 Å². The minimum absolute atomic E-state index is 0. The van der Waals surface area contributed by atoms with Gasteiger partial charge >= 0.3 is 11.9 Å². The summed E-state index contributed by atoms with van der Waals surface area (Å²) in [4.78, 5) is 24.0. The van der Waals surface area contributed by atoms with Crippen molar-refractivity contribution in [2.75, 3.05) is 6.61 Å². The van der Waals surface area contributed by atoms with Crippen molar-refractivity contribution in [3.05, 3.63) is 60.2 Å². The smallest absolute Gasteiger partial charge is 0.345 e. The molecule has 0 saturated heterocycles. The minimum atomic E-state index is -3.89. The molecule has 0 saturated carbocycles. The van der Waals surface area contributed by atoms with Crippen molar-refractivity contribution in [2.24, 2.45) is 11.5 Å². The first-order valence-electron chi connectivity index (χ1n) is 8.74. The molecule has 2 rings (SSSR count). The number of nitrogens with two attached hydrogens (primary N) is 2. The summed E-state index contributed by atoms with van der Waals surface area (Å²) in [5.74, 6) is -1.33. The molecule has 0 aliphatic rings. The van der Waals surface area contributed by atoms with Crippen LogP contribution >= 0.6 is 12.4 Å². The van der Waals surface area contributed by atoms with Crippen LogP contribution in [0.1, 0.15) is 23.7 Å². The maximum Gasteiger partial charge on any atom is 0.345 e. The molecule has 2 aromatic carbocycles. The molecule has 0 aromatic heterocycles. The van der Waals surface area contributed by atoms with Crippen LogP contribution in [0.25, 0.3) is 0 Å². The topological polar surface area (TPSA) is 151 Å². The average molecular weight is 458 g/mol. The van der Waals surface area contributed by atoms with Crippen LogP contribution in [0.4, 0.5) is 0 Å². The van der Waals surface area contributed by atoms with E-state index in [0.29, 0.717) is 12.4 Å². The minimum Gasteiger partial charge on any atom is -0.492 e. The Bertz CT molecular complexity index is 937. The number of hydrogen-bond acceptors (Lipinski definition) is 8. The maximum atomic E-state index is 12.2. The molecule has 0 heterocycles. The summed E-state index contributed by atoms with van der Waals surface area (Å²) in [6, 6.07) is 13.4. The predicted octanol–water partition coefficient (Wildman–Crippen LogP) is 1.17. The summed E-state index contributed by atoms with van der Waals surface area (Å²) in [5.41, 5.74) is 11.4. The Morgan fingerprint density at radius 1 is 1.03 bits per heavy atom. The third kappa shape index (κ3) is 8.09. The summed E-state index contributed by atoms with van der Waals surface area (Å²) in [6.45, 7) is 2.11. The van der Waals surface area contributed by atoms with Crippen LogP contribution in [0.3, 0.4) is 0 Å². The van der Waals surface area contributed by atoms with Gasteiger partial charge in [-0.2, -0.15) is 4.72 Å². The number of esters is 2. The number of halogens is 1. The molecule has 9 nitrogen and oxygen atoms in total. The lowest BCUT2D eigenvalue weighted by Crippen LogP contribution is -2.43. The van der Waals surface area contributed by atoms with Gasteiger partial charge in [-0.25, -0.2) is 13.2 Å². The van der Waals surface area contributed by atoms with Crippen LogP contribution in [-0.4, -0.2) is 39.2 Å². The van der Waals surface area contributed by atoms with Crippen LogP contribution in [0, 0.1) is 0 Å². The van der Waals surface area contributed by atoms with Gasteiger partial charge in [-0.3, -0.25) is 4.79 Å². The van der Waals surface area contributed by atoms with Crippen molar-refractivity contribution < 1.29 is 27.5 Å². The summed E-state index contributed by atoms with van der Waals surface area (Å²) in [7, 11) is -3.89. The SMILES string of the molecule is C[C@H](N)COc1ccc(C(=O)OC(=O)C[C@@H](N)NS(=O)(=O)c2ccccc2)cc1.Cl. The van der Waals surface area contributed by atoms with E-state index in [9.17, 15) is 18.0 Å². The molecule has 30 heavy (non-hydrogen) atoms. The van der Waals surface area contributed by atoms with Crippen molar-refractivity contribution in [3.8, 4) is 5.75 Å². The molecule has 0 fully saturated rings. The Labute approximate surface area is 181 Å². The Morgan fingerprint density at radius 2 is 1.63 bits per heavy atom.